The molecule has 0 aromatic heterocycles. The third-order valence-corrected chi connectivity index (χ3v) is 3.66. The van der Waals surface area contributed by atoms with E-state index >= 15 is 0 Å². The SMILES string of the molecule is CC(=O)Nc1ccc(/C=C/C(=O)c2ccc(OCC(=O)N(C)C)cc2)cc1. The van der Waals surface area contributed by atoms with Crippen LogP contribution in [0, 0.1) is 0 Å². The molecule has 6 nitrogen and oxygen atoms in total. The average molecular weight is 366 g/mol. The fraction of sp³-hybridized carbons (Fsp3) is 0.190. The number of amides is 2. The topological polar surface area (TPSA) is 75.7 Å². The molecule has 0 radical (unpaired) electrons. The zero-order valence-electron chi connectivity index (χ0n) is 15.6. The normalized spacial score (nSPS) is 10.5. The maximum Gasteiger partial charge on any atom is 0.259 e. The minimum atomic E-state index is -0.142. The molecule has 140 valence electrons. The van der Waals surface area contributed by atoms with Crippen LogP contribution in [0.5, 0.6) is 5.75 Å². The van der Waals surface area contributed by atoms with Crippen LogP contribution in [0.25, 0.3) is 6.08 Å². The smallest absolute Gasteiger partial charge is 0.259 e. The highest BCUT2D eigenvalue weighted by atomic mass is 16.5. The number of ketones is 1. The molecule has 0 atom stereocenters. The van der Waals surface area contributed by atoms with Crippen molar-refractivity contribution in [2.45, 2.75) is 6.92 Å². The number of nitrogens with zero attached hydrogens (tertiary/aromatic N) is 1. The predicted molar refractivity (Wildman–Crippen MR) is 105 cm³/mol. The summed E-state index contributed by atoms with van der Waals surface area (Å²) in [6, 6.07) is 13.8. The van der Waals surface area contributed by atoms with Gasteiger partial charge in [-0.25, -0.2) is 0 Å². The summed E-state index contributed by atoms with van der Waals surface area (Å²) in [4.78, 5) is 36.2. The lowest BCUT2D eigenvalue weighted by Gasteiger charge is -2.11. The van der Waals surface area contributed by atoms with Gasteiger partial charge in [0.15, 0.2) is 12.4 Å². The lowest BCUT2D eigenvalue weighted by atomic mass is 10.1. The van der Waals surface area contributed by atoms with Gasteiger partial charge in [-0.1, -0.05) is 18.2 Å². The third kappa shape index (κ3) is 6.43. The molecule has 0 heterocycles. The van der Waals surface area contributed by atoms with E-state index in [0.29, 0.717) is 17.0 Å². The van der Waals surface area contributed by atoms with Gasteiger partial charge in [0.2, 0.25) is 5.91 Å². The molecule has 1 N–H and O–H groups in total. The van der Waals surface area contributed by atoms with E-state index in [1.54, 1.807) is 56.6 Å². The standard InChI is InChI=1S/C21H22N2O4/c1-15(24)22-18-9-4-16(5-10-18)6-13-20(25)17-7-11-19(12-8-17)27-14-21(26)23(2)3/h4-13H,14H2,1-3H3,(H,22,24)/b13-6+. The zero-order chi connectivity index (χ0) is 19.8. The average Bonchev–Trinajstić information content (AvgIpc) is 2.65. The van der Waals surface area contributed by atoms with E-state index in [9.17, 15) is 14.4 Å². The van der Waals surface area contributed by atoms with Gasteiger partial charge in [0, 0.05) is 32.3 Å². The second-order valence-electron chi connectivity index (χ2n) is 6.10. The van der Waals surface area contributed by atoms with Gasteiger partial charge in [-0.15, -0.1) is 0 Å². The van der Waals surface area contributed by atoms with Gasteiger partial charge in [-0.2, -0.15) is 0 Å². The molecule has 0 aliphatic heterocycles. The van der Waals surface area contributed by atoms with Gasteiger partial charge in [0.1, 0.15) is 5.75 Å². The molecule has 0 saturated carbocycles. The maximum absolute atomic E-state index is 12.3. The highest BCUT2D eigenvalue weighted by Gasteiger charge is 2.06. The third-order valence-electron chi connectivity index (χ3n) is 3.66. The Morgan fingerprint density at radius 1 is 1.00 bits per heavy atom. The van der Waals surface area contributed by atoms with Gasteiger partial charge in [0.05, 0.1) is 0 Å². The Morgan fingerprint density at radius 2 is 1.63 bits per heavy atom. The summed E-state index contributed by atoms with van der Waals surface area (Å²) in [5, 5.41) is 2.69. The zero-order valence-corrected chi connectivity index (χ0v) is 15.6. The molecule has 0 spiro atoms. The van der Waals surface area contributed by atoms with E-state index in [1.807, 2.05) is 12.1 Å². The fourth-order valence-electron chi connectivity index (χ4n) is 2.14. The first-order valence-electron chi connectivity index (χ1n) is 8.38. The van der Waals surface area contributed by atoms with Crippen molar-refractivity contribution in [3.05, 3.63) is 65.7 Å². The lowest BCUT2D eigenvalue weighted by Crippen LogP contribution is -2.27. The first-order valence-corrected chi connectivity index (χ1v) is 8.38. The Morgan fingerprint density at radius 3 is 2.19 bits per heavy atom. The molecule has 0 bridgehead atoms. The van der Waals surface area contributed by atoms with Crippen LogP contribution in [-0.2, 0) is 9.59 Å². The number of hydrogen-bond donors (Lipinski definition) is 1. The minimum Gasteiger partial charge on any atom is -0.484 e. The Hall–Kier alpha value is -3.41. The van der Waals surface area contributed by atoms with Crippen molar-refractivity contribution >= 4 is 29.4 Å². The summed E-state index contributed by atoms with van der Waals surface area (Å²) >= 11 is 0. The molecule has 2 rings (SSSR count). The number of allylic oxidation sites excluding steroid dienone is 1. The van der Waals surface area contributed by atoms with Crippen molar-refractivity contribution in [3.63, 3.8) is 0 Å². The molecule has 0 aliphatic carbocycles. The van der Waals surface area contributed by atoms with Crippen LogP contribution >= 0.6 is 0 Å². The molecule has 0 unspecified atom stereocenters. The Labute approximate surface area is 158 Å². The van der Waals surface area contributed by atoms with Crippen LogP contribution in [-0.4, -0.2) is 43.2 Å². The van der Waals surface area contributed by atoms with Crippen molar-refractivity contribution in [1.82, 2.24) is 4.90 Å². The van der Waals surface area contributed by atoms with Crippen molar-refractivity contribution in [2.75, 3.05) is 26.0 Å². The lowest BCUT2D eigenvalue weighted by molar-refractivity contribution is -0.130. The number of rotatable bonds is 7. The molecular formula is C21H22N2O4. The van der Waals surface area contributed by atoms with E-state index in [0.717, 1.165) is 5.56 Å². The predicted octanol–water partition coefficient (Wildman–Crippen LogP) is 3.01. The highest BCUT2D eigenvalue weighted by molar-refractivity contribution is 6.06. The number of ether oxygens (including phenoxy) is 1. The minimum absolute atomic E-state index is 0.0469. The van der Waals surface area contributed by atoms with Crippen LogP contribution in [0.4, 0.5) is 5.69 Å². The molecule has 0 aliphatic rings. The second kappa shape index (κ2) is 9.33. The van der Waals surface area contributed by atoms with Crippen LogP contribution in [0.15, 0.2) is 54.6 Å². The summed E-state index contributed by atoms with van der Waals surface area (Å²) in [6.07, 6.45) is 3.19. The van der Waals surface area contributed by atoms with Crippen molar-refractivity contribution in [3.8, 4) is 5.75 Å². The summed E-state index contributed by atoms with van der Waals surface area (Å²) < 4.78 is 5.38. The van der Waals surface area contributed by atoms with Crippen LogP contribution < -0.4 is 10.1 Å². The molecule has 0 saturated heterocycles. The molecule has 2 aromatic carbocycles. The quantitative estimate of drug-likeness (QED) is 0.604. The number of likely N-dealkylation sites (N-methyl/N-ethyl adjacent to an activating group) is 1. The molecular weight excluding hydrogens is 344 g/mol. The fourth-order valence-corrected chi connectivity index (χ4v) is 2.14. The van der Waals surface area contributed by atoms with Gasteiger partial charge in [-0.05, 0) is 48.0 Å². The maximum atomic E-state index is 12.3. The summed E-state index contributed by atoms with van der Waals surface area (Å²) in [5.74, 6) is 0.116. The Balaban J connectivity index is 1.94. The van der Waals surface area contributed by atoms with E-state index < -0.39 is 0 Å². The molecule has 27 heavy (non-hydrogen) atoms. The number of carbonyl (C=O) groups is 3. The number of hydrogen-bond acceptors (Lipinski definition) is 4. The van der Waals surface area contributed by atoms with Gasteiger partial charge in [0.25, 0.3) is 5.91 Å². The molecule has 2 amide bonds. The monoisotopic (exact) mass is 366 g/mol. The van der Waals surface area contributed by atoms with Gasteiger partial charge >= 0.3 is 0 Å². The first-order chi connectivity index (χ1) is 12.8. The van der Waals surface area contributed by atoms with E-state index in [2.05, 4.69) is 5.32 Å². The number of anilines is 1. The van der Waals surface area contributed by atoms with Crippen LogP contribution in [0.1, 0.15) is 22.8 Å². The second-order valence-corrected chi connectivity index (χ2v) is 6.10. The van der Waals surface area contributed by atoms with Crippen LogP contribution in [0.3, 0.4) is 0 Å². The van der Waals surface area contributed by atoms with Crippen LogP contribution in [0.2, 0.25) is 0 Å². The van der Waals surface area contributed by atoms with E-state index in [4.69, 9.17) is 4.74 Å². The molecule has 2 aromatic rings. The number of nitrogens with one attached hydrogen (secondary N) is 1. The van der Waals surface area contributed by atoms with Crippen molar-refractivity contribution < 1.29 is 19.1 Å². The van der Waals surface area contributed by atoms with Crippen molar-refractivity contribution in [2.24, 2.45) is 0 Å². The highest BCUT2D eigenvalue weighted by Crippen LogP contribution is 2.15. The van der Waals surface area contributed by atoms with Gasteiger partial charge < -0.3 is 15.0 Å². The Kier molecular flexibility index (Phi) is 6.88. The number of benzene rings is 2. The number of carbonyl (C=O) groups excluding carboxylic acids is 3. The first kappa shape index (κ1) is 19.9. The summed E-state index contributed by atoms with van der Waals surface area (Å²) in [5.41, 5.74) is 2.07. The van der Waals surface area contributed by atoms with E-state index in [1.165, 1.54) is 17.9 Å². The largest absolute Gasteiger partial charge is 0.484 e. The van der Waals surface area contributed by atoms with Gasteiger partial charge in [-0.3, -0.25) is 14.4 Å². The molecule has 0 fully saturated rings. The molecule has 6 heteroatoms. The summed E-state index contributed by atoms with van der Waals surface area (Å²) in [6.45, 7) is 1.40. The van der Waals surface area contributed by atoms with Crippen molar-refractivity contribution in [1.29, 1.82) is 0 Å². The Bertz CT molecular complexity index is 837. The van der Waals surface area contributed by atoms with E-state index in [-0.39, 0.29) is 24.2 Å². The summed E-state index contributed by atoms with van der Waals surface area (Å²) in [7, 11) is 3.32.